The minimum atomic E-state index is -1.19. The highest BCUT2D eigenvalue weighted by Gasteiger charge is 2.54. The molecule has 0 radical (unpaired) electrons. The summed E-state index contributed by atoms with van der Waals surface area (Å²) < 4.78 is 1.84. The van der Waals surface area contributed by atoms with Crippen LogP contribution in [0.15, 0.2) is 64.7 Å². The van der Waals surface area contributed by atoms with Gasteiger partial charge in [-0.25, -0.2) is 14.3 Å². The minimum absolute atomic E-state index is 0.0278. The number of rotatable bonds is 9. The summed E-state index contributed by atoms with van der Waals surface area (Å²) in [4.78, 5) is 49.0. The molecule has 2 atom stereocenters. The molecule has 1 fully saturated rings. The molecule has 1 saturated heterocycles. The maximum atomic E-state index is 13.2. The number of nitrogens with one attached hydrogen (secondary N) is 2. The smallest absolute Gasteiger partial charge is 0.352 e. The van der Waals surface area contributed by atoms with Crippen LogP contribution in [-0.2, 0) is 32.4 Å². The maximum absolute atomic E-state index is 13.2. The average molecular weight is 542 g/mol. The number of oxime groups is 1. The van der Waals surface area contributed by atoms with Crippen LogP contribution in [0, 0.1) is 0 Å². The molecule has 5 heterocycles. The van der Waals surface area contributed by atoms with Crippen molar-refractivity contribution >= 4 is 51.7 Å². The van der Waals surface area contributed by atoms with Crippen molar-refractivity contribution in [3.05, 3.63) is 70.9 Å². The minimum Gasteiger partial charge on any atom is -0.477 e. The molecule has 0 spiro atoms. The van der Waals surface area contributed by atoms with Gasteiger partial charge in [0.15, 0.2) is 36.4 Å². The topological polar surface area (TPSA) is 180 Å². The number of hydrogen-bond donors (Lipinski definition) is 4. The fourth-order valence-electron chi connectivity index (χ4n) is 3.91. The molecule has 2 aliphatic heterocycles. The number of aliphatic carboxylic acids is 1. The fraction of sp³-hybridized carbons (Fsp3) is 0.227. The van der Waals surface area contributed by atoms with Crippen LogP contribution < -0.4 is 15.6 Å². The van der Waals surface area contributed by atoms with Crippen molar-refractivity contribution in [1.29, 1.82) is 0 Å². The number of carbonyl (C=O) groups excluding carboxylic acids is 2. The van der Waals surface area contributed by atoms with E-state index in [1.54, 1.807) is 17.6 Å². The SMILES string of the molecule is Nc1nc(C(=NOCc2ccn[nH]2)C(=O)N[C@@H]2C(=O)N3C(C(=O)O)=C(C[n+]4ccccc4)CS[C@H]23)cs1. The lowest BCUT2D eigenvalue weighted by atomic mass is 10.0. The predicted octanol–water partition coefficient (Wildman–Crippen LogP) is 0.0956. The van der Waals surface area contributed by atoms with Crippen LogP contribution in [-0.4, -0.2) is 65.9 Å². The summed E-state index contributed by atoms with van der Waals surface area (Å²) in [6.07, 6.45) is 5.20. The van der Waals surface area contributed by atoms with Gasteiger partial charge in [0, 0.05) is 35.0 Å². The van der Waals surface area contributed by atoms with E-state index in [4.69, 9.17) is 10.6 Å². The number of anilines is 1. The van der Waals surface area contributed by atoms with Gasteiger partial charge in [-0.05, 0) is 6.07 Å². The van der Waals surface area contributed by atoms with Gasteiger partial charge in [-0.3, -0.25) is 19.6 Å². The van der Waals surface area contributed by atoms with E-state index in [2.05, 4.69) is 25.7 Å². The number of hydrogen-bond acceptors (Lipinski definition) is 10. The Kier molecular flexibility index (Phi) is 6.87. The van der Waals surface area contributed by atoms with E-state index >= 15 is 0 Å². The number of β-lactam (4-membered cyclic amide) rings is 1. The second kappa shape index (κ2) is 10.4. The Morgan fingerprint density at radius 3 is 2.84 bits per heavy atom. The molecule has 3 aromatic rings. The number of aromatic nitrogens is 4. The summed E-state index contributed by atoms with van der Waals surface area (Å²) >= 11 is 2.51. The second-order valence-electron chi connectivity index (χ2n) is 8.03. The number of thioether (sulfide) groups is 1. The number of nitrogens with two attached hydrogens (primary N) is 1. The highest BCUT2D eigenvalue weighted by Crippen LogP contribution is 2.40. The zero-order chi connectivity index (χ0) is 25.9. The Morgan fingerprint density at radius 1 is 1.35 bits per heavy atom. The van der Waals surface area contributed by atoms with Crippen LogP contribution in [0.25, 0.3) is 0 Å². The predicted molar refractivity (Wildman–Crippen MR) is 133 cm³/mol. The third kappa shape index (κ3) is 5.03. The highest BCUT2D eigenvalue weighted by atomic mass is 32.2. The van der Waals surface area contributed by atoms with E-state index in [1.807, 2.05) is 35.2 Å². The van der Waals surface area contributed by atoms with Crippen molar-refractivity contribution in [3.8, 4) is 0 Å². The summed E-state index contributed by atoms with van der Waals surface area (Å²) in [6, 6.07) is 6.30. The summed E-state index contributed by atoms with van der Waals surface area (Å²) in [5, 5.41) is 24.2. The van der Waals surface area contributed by atoms with E-state index in [0.29, 0.717) is 23.6 Å². The first-order chi connectivity index (χ1) is 17.9. The zero-order valence-electron chi connectivity index (χ0n) is 19.1. The van der Waals surface area contributed by atoms with Crippen molar-refractivity contribution < 1.29 is 28.9 Å². The molecule has 5 N–H and O–H groups in total. The summed E-state index contributed by atoms with van der Waals surface area (Å²) in [5.41, 5.74) is 6.95. The molecule has 15 heteroatoms. The molecular weight excluding hydrogens is 520 g/mol. The quantitative estimate of drug-likeness (QED) is 0.126. The summed E-state index contributed by atoms with van der Waals surface area (Å²) in [5.74, 6) is -2.02. The lowest BCUT2D eigenvalue weighted by molar-refractivity contribution is -0.689. The number of fused-ring (bicyclic) bond motifs is 1. The van der Waals surface area contributed by atoms with Gasteiger partial charge < -0.3 is 21.0 Å². The Labute approximate surface area is 218 Å². The molecule has 2 aliphatic rings. The van der Waals surface area contributed by atoms with E-state index in [1.165, 1.54) is 16.7 Å². The molecule has 0 bridgehead atoms. The molecule has 0 unspecified atom stereocenters. The number of carboxylic acids is 1. The molecular formula is C22H21N8O5S2+. The van der Waals surface area contributed by atoms with Gasteiger partial charge in [-0.15, -0.1) is 23.1 Å². The van der Waals surface area contributed by atoms with Crippen LogP contribution in [0.4, 0.5) is 5.13 Å². The summed E-state index contributed by atoms with van der Waals surface area (Å²) in [6.45, 7) is 0.360. The van der Waals surface area contributed by atoms with Gasteiger partial charge in [0.2, 0.25) is 0 Å². The van der Waals surface area contributed by atoms with Crippen LogP contribution in [0.1, 0.15) is 11.4 Å². The Morgan fingerprint density at radius 2 is 2.16 bits per heavy atom. The molecule has 0 saturated carbocycles. The third-order valence-corrected chi connectivity index (χ3v) is 7.61. The normalized spacial score (nSPS) is 19.3. The zero-order valence-corrected chi connectivity index (χ0v) is 20.7. The molecule has 0 aromatic carbocycles. The number of thiazole rings is 1. The largest absolute Gasteiger partial charge is 0.477 e. The lowest BCUT2D eigenvalue weighted by Crippen LogP contribution is -2.71. The number of H-pyrrole nitrogens is 1. The molecule has 190 valence electrons. The fourth-order valence-corrected chi connectivity index (χ4v) is 5.79. The van der Waals surface area contributed by atoms with Gasteiger partial charge >= 0.3 is 5.97 Å². The van der Waals surface area contributed by atoms with E-state index in [0.717, 1.165) is 11.3 Å². The third-order valence-electron chi connectivity index (χ3n) is 5.60. The molecule has 0 aliphatic carbocycles. The van der Waals surface area contributed by atoms with Gasteiger partial charge in [0.1, 0.15) is 22.8 Å². The number of carboxylic acid groups (broad SMARTS) is 1. The number of aromatic amines is 1. The van der Waals surface area contributed by atoms with Gasteiger partial charge in [0.05, 0.1) is 5.69 Å². The monoisotopic (exact) mass is 541 g/mol. The van der Waals surface area contributed by atoms with Crippen molar-refractivity contribution in [3.63, 3.8) is 0 Å². The highest BCUT2D eigenvalue weighted by molar-refractivity contribution is 8.00. The number of carbonyl (C=O) groups is 3. The lowest BCUT2D eigenvalue weighted by Gasteiger charge is -2.49. The van der Waals surface area contributed by atoms with E-state index < -0.39 is 29.2 Å². The van der Waals surface area contributed by atoms with Crippen LogP contribution in [0.5, 0.6) is 0 Å². The Bertz CT molecular complexity index is 1390. The molecule has 2 amide bonds. The molecule has 13 nitrogen and oxygen atoms in total. The second-order valence-corrected chi connectivity index (χ2v) is 10.0. The van der Waals surface area contributed by atoms with Crippen LogP contribution >= 0.6 is 23.1 Å². The van der Waals surface area contributed by atoms with Crippen molar-refractivity contribution in [2.45, 2.75) is 24.6 Å². The molecule has 5 rings (SSSR count). The van der Waals surface area contributed by atoms with Crippen molar-refractivity contribution in [1.82, 2.24) is 25.4 Å². The Balaban J connectivity index is 1.32. The number of nitrogens with zero attached hydrogens (tertiary/aromatic N) is 5. The molecule has 3 aromatic heterocycles. The van der Waals surface area contributed by atoms with Gasteiger partial charge in [0.25, 0.3) is 11.8 Å². The average Bonchev–Trinajstić information content (AvgIpc) is 3.57. The number of amides is 2. The first-order valence-corrected chi connectivity index (χ1v) is 12.9. The number of pyridine rings is 1. The van der Waals surface area contributed by atoms with Gasteiger partial charge in [-0.1, -0.05) is 11.2 Å². The van der Waals surface area contributed by atoms with Crippen LogP contribution in [0.2, 0.25) is 0 Å². The van der Waals surface area contributed by atoms with E-state index in [9.17, 15) is 19.5 Å². The summed E-state index contributed by atoms with van der Waals surface area (Å²) in [7, 11) is 0. The van der Waals surface area contributed by atoms with Gasteiger partial charge in [-0.2, -0.15) is 5.10 Å². The number of nitrogen functional groups attached to an aromatic ring is 1. The van der Waals surface area contributed by atoms with E-state index in [-0.39, 0.29) is 28.8 Å². The standard InChI is InChI=1S/C22H20N8O5S2/c23-22-25-14(11-37-22)15(28-35-9-13-4-5-24-27-13)18(31)26-16-19(32)30-17(21(33)34)12(10-36-20(16)30)8-29-6-2-1-3-7-29/h1-7,11,16,20H,8-10H2,(H4-,23,24,25,26,27,31,33,34)/p+1/t16-,20-/m1/s1. The molecule has 37 heavy (non-hydrogen) atoms. The maximum Gasteiger partial charge on any atom is 0.352 e. The first kappa shape index (κ1) is 24.5. The van der Waals surface area contributed by atoms with Crippen molar-refractivity contribution in [2.75, 3.05) is 11.5 Å². The first-order valence-electron chi connectivity index (χ1n) is 11.0. The Hall–Kier alpha value is -4.24. The van der Waals surface area contributed by atoms with Crippen LogP contribution in [0.3, 0.4) is 0 Å². The van der Waals surface area contributed by atoms with Crippen molar-refractivity contribution in [2.24, 2.45) is 5.16 Å².